The van der Waals surface area contributed by atoms with Gasteiger partial charge in [0.25, 0.3) is 0 Å². The highest BCUT2D eigenvalue weighted by molar-refractivity contribution is 9.10. The second-order valence-electron chi connectivity index (χ2n) is 5.53. The fourth-order valence-electron chi connectivity index (χ4n) is 2.84. The maximum Gasteiger partial charge on any atom is 0.0373 e. The number of hydrogen-bond donors (Lipinski definition) is 0. The van der Waals surface area contributed by atoms with Crippen LogP contribution in [-0.4, -0.2) is 13.1 Å². The normalized spacial score (nSPS) is 20.6. The Morgan fingerprint density at radius 1 is 0.941 bits per heavy atom. The van der Waals surface area contributed by atoms with E-state index in [1.165, 1.54) is 42.4 Å². The van der Waals surface area contributed by atoms with Crippen molar-refractivity contribution >= 4 is 32.4 Å². The molecule has 1 heterocycles. The summed E-state index contributed by atoms with van der Waals surface area (Å²) in [5, 5.41) is 2.65. The van der Waals surface area contributed by atoms with E-state index in [0.29, 0.717) is 0 Å². The Balaban J connectivity index is 1.70. The summed E-state index contributed by atoms with van der Waals surface area (Å²) in [7, 11) is 0. The second-order valence-corrected chi connectivity index (χ2v) is 6.45. The van der Waals surface area contributed by atoms with E-state index >= 15 is 0 Å². The molecular weight excluding hydrogens is 274 g/mol. The van der Waals surface area contributed by atoms with Crippen LogP contribution in [0.5, 0.6) is 0 Å². The lowest BCUT2D eigenvalue weighted by Gasteiger charge is -2.42. The standard InChI is InChI=1S/C15H14BrN/c16-13-3-1-12-8-14(4-2-11(12)7-13)17-9-15(10-17)5-6-15/h1-4,7-8H,5-6,9-10H2. The minimum absolute atomic E-state index is 0.731. The van der Waals surface area contributed by atoms with Gasteiger partial charge >= 0.3 is 0 Å². The van der Waals surface area contributed by atoms with Crippen molar-refractivity contribution in [2.75, 3.05) is 18.0 Å². The summed E-state index contributed by atoms with van der Waals surface area (Å²) in [4.78, 5) is 2.51. The first-order chi connectivity index (χ1) is 8.24. The average Bonchev–Trinajstić information content (AvgIpc) is 3.06. The lowest BCUT2D eigenvalue weighted by Crippen LogP contribution is -2.48. The van der Waals surface area contributed by atoms with E-state index in [2.05, 4.69) is 57.2 Å². The largest absolute Gasteiger partial charge is 0.370 e. The number of hydrogen-bond acceptors (Lipinski definition) is 1. The molecule has 1 saturated carbocycles. The molecule has 2 aromatic rings. The molecule has 0 unspecified atom stereocenters. The van der Waals surface area contributed by atoms with E-state index in [-0.39, 0.29) is 0 Å². The number of halogens is 1. The van der Waals surface area contributed by atoms with Crippen LogP contribution in [-0.2, 0) is 0 Å². The minimum atomic E-state index is 0.731. The summed E-state index contributed by atoms with van der Waals surface area (Å²) in [6.07, 6.45) is 2.90. The van der Waals surface area contributed by atoms with Crippen LogP contribution in [0, 0.1) is 5.41 Å². The van der Waals surface area contributed by atoms with Crippen LogP contribution in [0.3, 0.4) is 0 Å². The Hall–Kier alpha value is -1.02. The van der Waals surface area contributed by atoms with Crippen molar-refractivity contribution in [2.45, 2.75) is 12.8 Å². The van der Waals surface area contributed by atoms with Crippen molar-refractivity contribution in [1.29, 1.82) is 0 Å². The van der Waals surface area contributed by atoms with Gasteiger partial charge in [0.1, 0.15) is 0 Å². The molecule has 0 radical (unpaired) electrons. The first kappa shape index (κ1) is 9.95. The quantitative estimate of drug-likeness (QED) is 0.760. The number of rotatable bonds is 1. The average molecular weight is 288 g/mol. The van der Waals surface area contributed by atoms with Gasteiger partial charge in [0, 0.05) is 28.7 Å². The number of nitrogens with zero attached hydrogens (tertiary/aromatic N) is 1. The minimum Gasteiger partial charge on any atom is -0.370 e. The maximum atomic E-state index is 3.52. The summed E-state index contributed by atoms with van der Waals surface area (Å²) in [5.74, 6) is 0. The van der Waals surface area contributed by atoms with Crippen molar-refractivity contribution in [1.82, 2.24) is 0 Å². The molecule has 4 rings (SSSR count). The van der Waals surface area contributed by atoms with Crippen LogP contribution in [0.4, 0.5) is 5.69 Å². The Kier molecular flexibility index (Phi) is 1.91. The van der Waals surface area contributed by atoms with E-state index in [0.717, 1.165) is 9.89 Å². The van der Waals surface area contributed by atoms with E-state index in [9.17, 15) is 0 Å². The lowest BCUT2D eigenvalue weighted by atomic mass is 9.95. The van der Waals surface area contributed by atoms with Crippen molar-refractivity contribution < 1.29 is 0 Å². The van der Waals surface area contributed by atoms with Crippen LogP contribution in [0.1, 0.15) is 12.8 Å². The van der Waals surface area contributed by atoms with Gasteiger partial charge < -0.3 is 4.90 Å². The SMILES string of the molecule is Brc1ccc2cc(N3CC4(CC4)C3)ccc2c1. The third-order valence-electron chi connectivity index (χ3n) is 4.16. The first-order valence-electron chi connectivity index (χ1n) is 6.19. The molecule has 1 nitrogen and oxygen atoms in total. The molecule has 1 spiro atoms. The first-order valence-corrected chi connectivity index (χ1v) is 6.98. The topological polar surface area (TPSA) is 3.24 Å². The zero-order valence-electron chi connectivity index (χ0n) is 9.62. The molecule has 0 aromatic heterocycles. The molecule has 1 aliphatic carbocycles. The van der Waals surface area contributed by atoms with Gasteiger partial charge in [-0.15, -0.1) is 0 Å². The zero-order valence-corrected chi connectivity index (χ0v) is 11.2. The van der Waals surface area contributed by atoms with Gasteiger partial charge in [-0.1, -0.05) is 28.1 Å². The van der Waals surface area contributed by atoms with Gasteiger partial charge in [-0.25, -0.2) is 0 Å². The van der Waals surface area contributed by atoms with Gasteiger partial charge in [0.05, 0.1) is 0 Å². The molecule has 0 N–H and O–H groups in total. The molecule has 0 bridgehead atoms. The maximum absolute atomic E-state index is 3.52. The fraction of sp³-hybridized carbons (Fsp3) is 0.333. The summed E-state index contributed by atoms with van der Waals surface area (Å²) in [5.41, 5.74) is 2.12. The van der Waals surface area contributed by atoms with Crippen LogP contribution >= 0.6 is 15.9 Å². The molecule has 2 aromatic carbocycles. The van der Waals surface area contributed by atoms with Crippen LogP contribution in [0.25, 0.3) is 10.8 Å². The summed E-state index contributed by atoms with van der Waals surface area (Å²) in [6, 6.07) is 13.3. The van der Waals surface area contributed by atoms with Crippen LogP contribution < -0.4 is 4.90 Å². The fourth-order valence-corrected chi connectivity index (χ4v) is 3.22. The molecule has 2 heteroatoms. The highest BCUT2D eigenvalue weighted by Crippen LogP contribution is 2.53. The molecule has 2 aliphatic rings. The highest BCUT2D eigenvalue weighted by Gasteiger charge is 2.52. The lowest BCUT2D eigenvalue weighted by molar-refractivity contribution is 0.388. The van der Waals surface area contributed by atoms with Gasteiger partial charge in [-0.3, -0.25) is 0 Å². The van der Waals surface area contributed by atoms with Gasteiger partial charge in [-0.05, 0) is 47.9 Å². The molecule has 1 saturated heterocycles. The van der Waals surface area contributed by atoms with Crippen LogP contribution in [0.2, 0.25) is 0 Å². The van der Waals surface area contributed by atoms with E-state index in [1.54, 1.807) is 0 Å². The molecular formula is C15H14BrN. The van der Waals surface area contributed by atoms with Crippen molar-refractivity contribution in [3.63, 3.8) is 0 Å². The van der Waals surface area contributed by atoms with Crippen LogP contribution in [0.15, 0.2) is 40.9 Å². The smallest absolute Gasteiger partial charge is 0.0373 e. The third-order valence-corrected chi connectivity index (χ3v) is 4.65. The summed E-state index contributed by atoms with van der Waals surface area (Å²) in [6.45, 7) is 2.55. The van der Waals surface area contributed by atoms with Gasteiger partial charge in [0.2, 0.25) is 0 Å². The van der Waals surface area contributed by atoms with Gasteiger partial charge in [0.15, 0.2) is 0 Å². The Bertz CT molecular complexity index is 593. The Morgan fingerprint density at radius 3 is 2.41 bits per heavy atom. The molecule has 0 atom stereocenters. The highest BCUT2D eigenvalue weighted by atomic mass is 79.9. The predicted molar refractivity (Wildman–Crippen MR) is 75.5 cm³/mol. The number of fused-ring (bicyclic) bond motifs is 1. The van der Waals surface area contributed by atoms with E-state index in [4.69, 9.17) is 0 Å². The number of anilines is 1. The molecule has 0 amide bonds. The van der Waals surface area contributed by atoms with Crippen molar-refractivity contribution in [3.8, 4) is 0 Å². The Morgan fingerprint density at radius 2 is 1.65 bits per heavy atom. The zero-order chi connectivity index (χ0) is 11.5. The molecule has 86 valence electrons. The predicted octanol–water partition coefficient (Wildman–Crippen LogP) is 4.20. The molecule has 2 fully saturated rings. The molecule has 17 heavy (non-hydrogen) atoms. The van der Waals surface area contributed by atoms with Crippen molar-refractivity contribution in [3.05, 3.63) is 40.9 Å². The second kappa shape index (κ2) is 3.26. The third kappa shape index (κ3) is 1.58. The monoisotopic (exact) mass is 287 g/mol. The molecule has 1 aliphatic heterocycles. The van der Waals surface area contributed by atoms with Crippen molar-refractivity contribution in [2.24, 2.45) is 5.41 Å². The summed E-state index contributed by atoms with van der Waals surface area (Å²) < 4.78 is 1.15. The van der Waals surface area contributed by atoms with E-state index < -0.39 is 0 Å². The Labute approximate surface area is 110 Å². The van der Waals surface area contributed by atoms with Gasteiger partial charge in [-0.2, -0.15) is 0 Å². The summed E-state index contributed by atoms with van der Waals surface area (Å²) >= 11 is 3.52. The number of benzene rings is 2. The van der Waals surface area contributed by atoms with E-state index in [1.807, 2.05) is 0 Å².